The predicted octanol–water partition coefficient (Wildman–Crippen LogP) is 6.82. The molecule has 3 nitrogen and oxygen atoms in total. The van der Waals surface area contributed by atoms with Crippen molar-refractivity contribution in [2.24, 2.45) is 0 Å². The number of anilines is 1. The van der Waals surface area contributed by atoms with Crippen molar-refractivity contribution in [3.05, 3.63) is 88.4 Å². The smallest absolute Gasteiger partial charge is 0.257 e. The minimum Gasteiger partial charge on any atom is -0.457 e. The zero-order chi connectivity index (χ0) is 19.4. The number of carbonyl (C=O) groups excluding carboxylic acids is 1. The average Bonchev–Trinajstić information content (AvgIpc) is 2.65. The number of amides is 1. The number of nitrogens with one attached hydrogen (secondary N) is 1. The zero-order valence-electron chi connectivity index (χ0n) is 15.6. The third-order valence-electron chi connectivity index (χ3n) is 4.34. The first-order valence-electron chi connectivity index (χ1n) is 8.88. The lowest BCUT2D eigenvalue weighted by Crippen LogP contribution is -2.12. The lowest BCUT2D eigenvalue weighted by atomic mass is 10.0. The molecule has 0 aliphatic rings. The van der Waals surface area contributed by atoms with E-state index in [9.17, 15) is 4.79 Å². The fourth-order valence-corrected chi connectivity index (χ4v) is 2.88. The summed E-state index contributed by atoms with van der Waals surface area (Å²) >= 11 is 6.07. The SMILES string of the molecule is Cc1ccc(C(C)C)cc1Oc1ccc(NC(=O)c2ccccc2Cl)cc1. The van der Waals surface area contributed by atoms with Gasteiger partial charge >= 0.3 is 0 Å². The van der Waals surface area contributed by atoms with Crippen molar-refractivity contribution >= 4 is 23.2 Å². The van der Waals surface area contributed by atoms with Gasteiger partial charge in [0.05, 0.1) is 10.6 Å². The number of rotatable bonds is 5. The first-order chi connectivity index (χ1) is 12.9. The van der Waals surface area contributed by atoms with Crippen molar-refractivity contribution in [1.82, 2.24) is 0 Å². The highest BCUT2D eigenvalue weighted by molar-refractivity contribution is 6.34. The predicted molar refractivity (Wildman–Crippen MR) is 111 cm³/mol. The molecule has 4 heteroatoms. The number of carbonyl (C=O) groups is 1. The highest BCUT2D eigenvalue weighted by atomic mass is 35.5. The Kier molecular flexibility index (Phi) is 5.82. The second-order valence-corrected chi connectivity index (χ2v) is 7.15. The molecule has 3 aromatic carbocycles. The van der Waals surface area contributed by atoms with Crippen LogP contribution < -0.4 is 10.1 Å². The maximum absolute atomic E-state index is 12.3. The van der Waals surface area contributed by atoms with Gasteiger partial charge in [0.15, 0.2) is 0 Å². The number of halogens is 1. The minimum atomic E-state index is -0.241. The summed E-state index contributed by atoms with van der Waals surface area (Å²) in [4.78, 5) is 12.3. The molecule has 0 fully saturated rings. The van der Waals surface area contributed by atoms with Gasteiger partial charge in [-0.15, -0.1) is 0 Å². The van der Waals surface area contributed by atoms with E-state index in [1.165, 1.54) is 5.56 Å². The molecule has 0 aliphatic heterocycles. The van der Waals surface area contributed by atoms with Crippen molar-refractivity contribution in [2.45, 2.75) is 26.7 Å². The van der Waals surface area contributed by atoms with Crippen LogP contribution in [0.4, 0.5) is 5.69 Å². The number of benzene rings is 3. The second-order valence-electron chi connectivity index (χ2n) is 6.74. The maximum Gasteiger partial charge on any atom is 0.257 e. The van der Waals surface area contributed by atoms with Gasteiger partial charge in [-0.05, 0) is 66.4 Å². The van der Waals surface area contributed by atoms with E-state index >= 15 is 0 Å². The Hall–Kier alpha value is -2.78. The van der Waals surface area contributed by atoms with Crippen molar-refractivity contribution < 1.29 is 9.53 Å². The van der Waals surface area contributed by atoms with Gasteiger partial charge in [-0.1, -0.05) is 49.7 Å². The molecule has 0 spiro atoms. The van der Waals surface area contributed by atoms with Crippen LogP contribution in [0.1, 0.15) is 41.3 Å². The van der Waals surface area contributed by atoms with E-state index in [2.05, 4.69) is 37.4 Å². The Labute approximate surface area is 164 Å². The first kappa shape index (κ1) is 19.0. The fourth-order valence-electron chi connectivity index (χ4n) is 2.66. The van der Waals surface area contributed by atoms with Crippen molar-refractivity contribution in [3.8, 4) is 11.5 Å². The zero-order valence-corrected chi connectivity index (χ0v) is 16.4. The number of ether oxygens (including phenoxy) is 1. The van der Waals surface area contributed by atoms with Crippen molar-refractivity contribution in [2.75, 3.05) is 5.32 Å². The lowest BCUT2D eigenvalue weighted by molar-refractivity contribution is 0.102. The summed E-state index contributed by atoms with van der Waals surface area (Å²) in [6.45, 7) is 6.34. The molecule has 3 aromatic rings. The van der Waals surface area contributed by atoms with Crippen LogP contribution in [0.3, 0.4) is 0 Å². The molecule has 0 saturated heterocycles. The normalized spacial score (nSPS) is 10.7. The van der Waals surface area contributed by atoms with Gasteiger partial charge in [-0.3, -0.25) is 4.79 Å². The van der Waals surface area contributed by atoms with Crippen LogP contribution in [0.2, 0.25) is 5.02 Å². The quantitative estimate of drug-likeness (QED) is 0.528. The molecule has 3 rings (SSSR count). The lowest BCUT2D eigenvalue weighted by Gasteiger charge is -2.13. The summed E-state index contributed by atoms with van der Waals surface area (Å²) in [5.74, 6) is 1.76. The topological polar surface area (TPSA) is 38.3 Å². The summed E-state index contributed by atoms with van der Waals surface area (Å²) in [5, 5.41) is 3.27. The van der Waals surface area contributed by atoms with Crippen LogP contribution in [-0.2, 0) is 0 Å². The van der Waals surface area contributed by atoms with Crippen LogP contribution in [0.15, 0.2) is 66.7 Å². The average molecular weight is 380 g/mol. The number of aryl methyl sites for hydroxylation is 1. The van der Waals surface area contributed by atoms with Gasteiger partial charge in [-0.25, -0.2) is 0 Å². The van der Waals surface area contributed by atoms with Crippen LogP contribution in [-0.4, -0.2) is 5.91 Å². The standard InChI is InChI=1S/C23H22ClNO2/c1-15(2)17-9-8-16(3)22(14-17)27-19-12-10-18(11-13-19)25-23(26)20-6-4-5-7-21(20)24/h4-15H,1-3H3,(H,25,26). The van der Waals surface area contributed by atoms with E-state index in [4.69, 9.17) is 16.3 Å². The van der Waals surface area contributed by atoms with Crippen molar-refractivity contribution in [3.63, 3.8) is 0 Å². The molecule has 0 bridgehead atoms. The van der Waals surface area contributed by atoms with Crippen molar-refractivity contribution in [1.29, 1.82) is 0 Å². The third-order valence-corrected chi connectivity index (χ3v) is 4.67. The molecule has 1 N–H and O–H groups in total. The Balaban J connectivity index is 1.72. The molecule has 0 saturated carbocycles. The van der Waals surface area contributed by atoms with Crippen LogP contribution in [0, 0.1) is 6.92 Å². The first-order valence-corrected chi connectivity index (χ1v) is 9.26. The van der Waals surface area contributed by atoms with Gasteiger partial charge in [0.2, 0.25) is 0 Å². The van der Waals surface area contributed by atoms with Gasteiger partial charge in [0.25, 0.3) is 5.91 Å². The van der Waals surface area contributed by atoms with Gasteiger partial charge in [0.1, 0.15) is 11.5 Å². The van der Waals surface area contributed by atoms with Crippen LogP contribution in [0.25, 0.3) is 0 Å². The van der Waals surface area contributed by atoms with E-state index in [-0.39, 0.29) is 5.91 Å². The highest BCUT2D eigenvalue weighted by Gasteiger charge is 2.10. The number of hydrogen-bond acceptors (Lipinski definition) is 2. The highest BCUT2D eigenvalue weighted by Crippen LogP contribution is 2.29. The molecule has 0 radical (unpaired) electrons. The monoisotopic (exact) mass is 379 g/mol. The van der Waals surface area contributed by atoms with E-state index in [1.807, 2.05) is 31.2 Å². The molecular formula is C23H22ClNO2. The summed E-state index contributed by atoms with van der Waals surface area (Å²) in [6.07, 6.45) is 0. The Morgan fingerprint density at radius 1 is 1.00 bits per heavy atom. The Morgan fingerprint density at radius 3 is 2.37 bits per heavy atom. The summed E-state index contributed by atoms with van der Waals surface area (Å²) in [6, 6.07) is 20.5. The molecule has 0 atom stereocenters. The van der Waals surface area contributed by atoms with E-state index in [0.29, 0.717) is 22.2 Å². The molecule has 0 unspecified atom stereocenters. The van der Waals surface area contributed by atoms with E-state index in [1.54, 1.807) is 24.3 Å². The molecular weight excluding hydrogens is 358 g/mol. The molecule has 27 heavy (non-hydrogen) atoms. The summed E-state index contributed by atoms with van der Waals surface area (Å²) in [7, 11) is 0. The molecule has 138 valence electrons. The third kappa shape index (κ3) is 4.69. The van der Waals surface area contributed by atoms with Gasteiger partial charge < -0.3 is 10.1 Å². The van der Waals surface area contributed by atoms with Crippen LogP contribution >= 0.6 is 11.6 Å². The van der Waals surface area contributed by atoms with E-state index < -0.39 is 0 Å². The number of hydrogen-bond donors (Lipinski definition) is 1. The fraction of sp³-hybridized carbons (Fsp3) is 0.174. The van der Waals surface area contributed by atoms with Crippen LogP contribution in [0.5, 0.6) is 11.5 Å². The second kappa shape index (κ2) is 8.28. The Morgan fingerprint density at radius 2 is 1.70 bits per heavy atom. The molecule has 0 aliphatic carbocycles. The molecule has 0 heterocycles. The largest absolute Gasteiger partial charge is 0.457 e. The minimum absolute atomic E-state index is 0.241. The van der Waals surface area contributed by atoms with E-state index in [0.717, 1.165) is 17.1 Å². The maximum atomic E-state index is 12.3. The summed E-state index contributed by atoms with van der Waals surface area (Å²) < 4.78 is 6.03. The summed E-state index contributed by atoms with van der Waals surface area (Å²) in [5.41, 5.74) is 3.44. The van der Waals surface area contributed by atoms with Gasteiger partial charge in [-0.2, -0.15) is 0 Å². The molecule has 0 aromatic heterocycles. The molecule has 1 amide bonds. The Bertz CT molecular complexity index is 949. The van der Waals surface area contributed by atoms with Gasteiger partial charge in [0, 0.05) is 5.69 Å².